The Bertz CT molecular complexity index is 439. The number of carbonyl (C=O) groups is 1. The molecule has 4 heteroatoms. The maximum Gasteiger partial charge on any atom is 0.185 e. The highest BCUT2D eigenvalue weighted by Gasteiger charge is 2.15. The van der Waals surface area contributed by atoms with Crippen molar-refractivity contribution >= 4 is 18.2 Å². The Kier molecular flexibility index (Phi) is 4.26. The Morgan fingerprint density at radius 3 is 2.56 bits per heavy atom. The molecule has 0 radical (unpaired) electrons. The standard InChI is InChI=1S/C12H12N2O.ClH/c1-10(14-8-7-13-9-14)12(15)11-5-3-2-4-6-11;/h2-10H,1H3;1H. The summed E-state index contributed by atoms with van der Waals surface area (Å²) in [6.45, 7) is 1.87. The maximum absolute atomic E-state index is 12.0. The van der Waals surface area contributed by atoms with Gasteiger partial charge in [0.05, 0.1) is 12.4 Å². The number of imidazole rings is 1. The normalized spacial score (nSPS) is 11.6. The summed E-state index contributed by atoms with van der Waals surface area (Å²) in [5, 5.41) is 0. The topological polar surface area (TPSA) is 34.9 Å². The van der Waals surface area contributed by atoms with Crippen LogP contribution in [0.15, 0.2) is 49.1 Å². The van der Waals surface area contributed by atoms with Crippen LogP contribution in [-0.2, 0) is 0 Å². The summed E-state index contributed by atoms with van der Waals surface area (Å²) < 4.78 is 1.80. The van der Waals surface area contributed by atoms with Crippen molar-refractivity contribution in [1.29, 1.82) is 0 Å². The van der Waals surface area contributed by atoms with Crippen molar-refractivity contribution in [1.82, 2.24) is 9.55 Å². The summed E-state index contributed by atoms with van der Waals surface area (Å²) in [7, 11) is 0. The van der Waals surface area contributed by atoms with E-state index in [1.165, 1.54) is 0 Å². The molecule has 0 saturated heterocycles. The zero-order valence-electron chi connectivity index (χ0n) is 8.91. The molecule has 1 heterocycles. The third-order valence-electron chi connectivity index (χ3n) is 2.41. The van der Waals surface area contributed by atoms with Gasteiger partial charge in [-0.2, -0.15) is 0 Å². The Balaban J connectivity index is 0.00000128. The highest BCUT2D eigenvalue weighted by Crippen LogP contribution is 2.12. The minimum atomic E-state index is -0.199. The van der Waals surface area contributed by atoms with Crippen molar-refractivity contribution in [2.24, 2.45) is 0 Å². The van der Waals surface area contributed by atoms with Crippen LogP contribution in [0.4, 0.5) is 0 Å². The Hall–Kier alpha value is -1.61. The lowest BCUT2D eigenvalue weighted by Gasteiger charge is -2.11. The third-order valence-corrected chi connectivity index (χ3v) is 2.41. The summed E-state index contributed by atoms with van der Waals surface area (Å²) in [4.78, 5) is 15.9. The Morgan fingerprint density at radius 2 is 2.00 bits per heavy atom. The van der Waals surface area contributed by atoms with Crippen molar-refractivity contribution in [2.45, 2.75) is 13.0 Å². The van der Waals surface area contributed by atoms with Gasteiger partial charge in [0.25, 0.3) is 0 Å². The summed E-state index contributed by atoms with van der Waals surface area (Å²) in [6.07, 6.45) is 5.13. The van der Waals surface area contributed by atoms with Crippen LogP contribution in [-0.4, -0.2) is 15.3 Å². The fraction of sp³-hybridized carbons (Fsp3) is 0.167. The average molecular weight is 237 g/mol. The number of aromatic nitrogens is 2. The number of ketones is 1. The molecule has 0 aliphatic heterocycles. The van der Waals surface area contributed by atoms with Gasteiger partial charge in [-0.05, 0) is 6.92 Å². The molecule has 0 aliphatic rings. The second kappa shape index (κ2) is 5.47. The molecule has 0 saturated carbocycles. The molecule has 2 aromatic rings. The number of benzene rings is 1. The predicted molar refractivity (Wildman–Crippen MR) is 65.0 cm³/mol. The van der Waals surface area contributed by atoms with Crippen LogP contribution in [0.2, 0.25) is 0 Å². The van der Waals surface area contributed by atoms with Crippen molar-refractivity contribution in [2.75, 3.05) is 0 Å². The second-order valence-electron chi connectivity index (χ2n) is 3.42. The predicted octanol–water partition coefficient (Wildman–Crippen LogP) is 2.75. The number of carbonyl (C=O) groups excluding carboxylic acids is 1. The molecule has 1 aromatic heterocycles. The van der Waals surface area contributed by atoms with Gasteiger partial charge in [0.15, 0.2) is 5.78 Å². The van der Waals surface area contributed by atoms with Gasteiger partial charge in [-0.3, -0.25) is 4.79 Å². The molecule has 1 atom stereocenters. The number of halogens is 1. The highest BCUT2D eigenvalue weighted by molar-refractivity contribution is 5.98. The SMILES string of the molecule is CC(C(=O)c1ccccc1)n1ccnc1.Cl. The smallest absolute Gasteiger partial charge is 0.185 e. The zero-order valence-corrected chi connectivity index (χ0v) is 9.72. The molecule has 16 heavy (non-hydrogen) atoms. The van der Waals surface area contributed by atoms with E-state index in [1.807, 2.05) is 37.3 Å². The number of hydrogen-bond acceptors (Lipinski definition) is 2. The lowest BCUT2D eigenvalue weighted by Crippen LogP contribution is -2.15. The first-order chi connectivity index (χ1) is 7.29. The van der Waals surface area contributed by atoms with E-state index < -0.39 is 0 Å². The molecular weight excluding hydrogens is 224 g/mol. The van der Waals surface area contributed by atoms with E-state index in [0.29, 0.717) is 0 Å². The number of rotatable bonds is 3. The summed E-state index contributed by atoms with van der Waals surface area (Å²) in [5.41, 5.74) is 0.735. The van der Waals surface area contributed by atoms with E-state index in [4.69, 9.17) is 0 Å². The van der Waals surface area contributed by atoms with Gasteiger partial charge in [0.2, 0.25) is 0 Å². The zero-order chi connectivity index (χ0) is 10.7. The van der Waals surface area contributed by atoms with E-state index in [-0.39, 0.29) is 24.2 Å². The molecule has 0 N–H and O–H groups in total. The third kappa shape index (κ3) is 2.49. The molecule has 0 fully saturated rings. The van der Waals surface area contributed by atoms with Crippen LogP contribution in [0.25, 0.3) is 0 Å². The largest absolute Gasteiger partial charge is 0.327 e. The van der Waals surface area contributed by atoms with Crippen molar-refractivity contribution in [3.8, 4) is 0 Å². The molecule has 1 unspecified atom stereocenters. The van der Waals surface area contributed by atoms with E-state index in [1.54, 1.807) is 23.3 Å². The van der Waals surface area contributed by atoms with Crippen LogP contribution < -0.4 is 0 Å². The number of Topliss-reactive ketones (excluding diaryl/α,β-unsaturated/α-hetero) is 1. The van der Waals surface area contributed by atoms with Crippen LogP contribution >= 0.6 is 12.4 Å². The molecule has 84 valence electrons. The van der Waals surface area contributed by atoms with Crippen LogP contribution in [0, 0.1) is 0 Å². The van der Waals surface area contributed by atoms with E-state index in [0.717, 1.165) is 5.56 Å². The van der Waals surface area contributed by atoms with Crippen molar-refractivity contribution < 1.29 is 4.79 Å². The van der Waals surface area contributed by atoms with E-state index >= 15 is 0 Å². The van der Waals surface area contributed by atoms with Crippen LogP contribution in [0.3, 0.4) is 0 Å². The van der Waals surface area contributed by atoms with Gasteiger partial charge >= 0.3 is 0 Å². The summed E-state index contributed by atoms with van der Waals surface area (Å²) >= 11 is 0. The van der Waals surface area contributed by atoms with Gasteiger partial charge < -0.3 is 4.57 Å². The highest BCUT2D eigenvalue weighted by atomic mass is 35.5. The van der Waals surface area contributed by atoms with E-state index in [2.05, 4.69) is 4.98 Å². The maximum atomic E-state index is 12.0. The fourth-order valence-corrected chi connectivity index (χ4v) is 1.48. The molecule has 3 nitrogen and oxygen atoms in total. The quantitative estimate of drug-likeness (QED) is 0.768. The van der Waals surface area contributed by atoms with Gasteiger partial charge in [-0.15, -0.1) is 12.4 Å². The van der Waals surface area contributed by atoms with Gasteiger partial charge in [-0.1, -0.05) is 30.3 Å². The minimum absolute atomic E-state index is 0. The molecule has 0 aliphatic carbocycles. The molecule has 2 rings (SSSR count). The lowest BCUT2D eigenvalue weighted by molar-refractivity contribution is 0.0935. The van der Waals surface area contributed by atoms with Crippen molar-refractivity contribution in [3.05, 3.63) is 54.6 Å². The van der Waals surface area contributed by atoms with Gasteiger partial charge in [0, 0.05) is 18.0 Å². The molecule has 0 bridgehead atoms. The van der Waals surface area contributed by atoms with Crippen LogP contribution in [0.1, 0.15) is 23.3 Å². The van der Waals surface area contributed by atoms with E-state index in [9.17, 15) is 4.79 Å². The average Bonchev–Trinajstić information content (AvgIpc) is 2.82. The molecular formula is C12H13ClN2O. The Morgan fingerprint density at radius 1 is 1.31 bits per heavy atom. The minimum Gasteiger partial charge on any atom is -0.327 e. The van der Waals surface area contributed by atoms with Gasteiger partial charge in [-0.25, -0.2) is 4.98 Å². The number of nitrogens with zero attached hydrogens (tertiary/aromatic N) is 2. The summed E-state index contributed by atoms with van der Waals surface area (Å²) in [6, 6.07) is 9.10. The van der Waals surface area contributed by atoms with Crippen molar-refractivity contribution in [3.63, 3.8) is 0 Å². The van der Waals surface area contributed by atoms with Crippen LogP contribution in [0.5, 0.6) is 0 Å². The monoisotopic (exact) mass is 236 g/mol. The first-order valence-electron chi connectivity index (χ1n) is 4.86. The summed E-state index contributed by atoms with van der Waals surface area (Å²) in [5.74, 6) is 0.105. The molecule has 0 amide bonds. The fourth-order valence-electron chi connectivity index (χ4n) is 1.48. The second-order valence-corrected chi connectivity index (χ2v) is 3.42. The molecule has 1 aromatic carbocycles. The van der Waals surface area contributed by atoms with Gasteiger partial charge in [0.1, 0.15) is 0 Å². The first-order valence-corrected chi connectivity index (χ1v) is 4.86. The Labute approximate surface area is 101 Å². The first kappa shape index (κ1) is 12.5. The number of hydrogen-bond donors (Lipinski definition) is 0. The molecule has 0 spiro atoms. The lowest BCUT2D eigenvalue weighted by atomic mass is 10.1.